The van der Waals surface area contributed by atoms with E-state index >= 15 is 0 Å². The Bertz CT molecular complexity index is 429. The third-order valence-electron chi connectivity index (χ3n) is 3.56. The van der Waals surface area contributed by atoms with Gasteiger partial charge in [0.1, 0.15) is 5.75 Å². The van der Waals surface area contributed by atoms with E-state index in [0.29, 0.717) is 24.9 Å². The number of carbonyl (C=O) groups excluding carboxylic acids is 1. The van der Waals surface area contributed by atoms with Gasteiger partial charge in [0.2, 0.25) is 5.91 Å². The predicted molar refractivity (Wildman–Crippen MR) is 76.4 cm³/mol. The van der Waals surface area contributed by atoms with Gasteiger partial charge in [-0.1, -0.05) is 32.0 Å². The Kier molecular flexibility index (Phi) is 4.83. The number of nitrogens with one attached hydrogen (secondary N) is 1. The van der Waals surface area contributed by atoms with Crippen LogP contribution in [0, 0.1) is 5.92 Å². The fourth-order valence-electron chi connectivity index (χ4n) is 2.42. The van der Waals surface area contributed by atoms with Crippen LogP contribution in [0.25, 0.3) is 0 Å². The van der Waals surface area contributed by atoms with Crippen LogP contribution in [-0.2, 0) is 4.79 Å². The van der Waals surface area contributed by atoms with Crippen LogP contribution in [0.1, 0.15) is 44.6 Å². The molecule has 0 fully saturated rings. The third kappa shape index (κ3) is 3.98. The molecule has 0 saturated heterocycles. The van der Waals surface area contributed by atoms with Gasteiger partial charge in [0.15, 0.2) is 0 Å². The summed E-state index contributed by atoms with van der Waals surface area (Å²) in [5, 5.41) is 3.01. The SMILES string of the molecule is CC(C)CCNC(=O)CC1CCOc2ccccc21. The van der Waals surface area contributed by atoms with Crippen molar-refractivity contribution in [3.8, 4) is 5.75 Å². The summed E-state index contributed by atoms with van der Waals surface area (Å²) in [6, 6.07) is 8.04. The Morgan fingerprint density at radius 2 is 2.21 bits per heavy atom. The molecule has 3 heteroatoms. The van der Waals surface area contributed by atoms with Gasteiger partial charge < -0.3 is 10.1 Å². The summed E-state index contributed by atoms with van der Waals surface area (Å²) in [4.78, 5) is 12.0. The average molecular weight is 261 g/mol. The van der Waals surface area contributed by atoms with E-state index in [-0.39, 0.29) is 5.91 Å². The van der Waals surface area contributed by atoms with Gasteiger partial charge in [0.25, 0.3) is 0 Å². The number of amides is 1. The first-order valence-corrected chi connectivity index (χ1v) is 7.15. The van der Waals surface area contributed by atoms with Crippen molar-refractivity contribution in [1.29, 1.82) is 0 Å². The molecule has 19 heavy (non-hydrogen) atoms. The van der Waals surface area contributed by atoms with Gasteiger partial charge in [-0.25, -0.2) is 0 Å². The zero-order valence-electron chi connectivity index (χ0n) is 11.8. The van der Waals surface area contributed by atoms with Gasteiger partial charge >= 0.3 is 0 Å². The first kappa shape index (κ1) is 13.9. The molecular formula is C16H23NO2. The van der Waals surface area contributed by atoms with E-state index in [4.69, 9.17) is 4.74 Å². The van der Waals surface area contributed by atoms with Gasteiger partial charge in [-0.05, 0) is 36.3 Å². The summed E-state index contributed by atoms with van der Waals surface area (Å²) in [7, 11) is 0. The molecule has 1 unspecified atom stereocenters. The molecule has 1 atom stereocenters. The zero-order valence-corrected chi connectivity index (χ0v) is 11.8. The standard InChI is InChI=1S/C16H23NO2/c1-12(2)7-9-17-16(18)11-13-8-10-19-15-6-4-3-5-14(13)15/h3-6,12-13H,7-11H2,1-2H3,(H,17,18). The second-order valence-corrected chi connectivity index (χ2v) is 5.61. The van der Waals surface area contributed by atoms with Crippen LogP contribution in [0.15, 0.2) is 24.3 Å². The number of carbonyl (C=O) groups is 1. The minimum Gasteiger partial charge on any atom is -0.493 e. The van der Waals surface area contributed by atoms with Gasteiger partial charge in [0, 0.05) is 13.0 Å². The van der Waals surface area contributed by atoms with Crippen LogP contribution in [0.5, 0.6) is 5.75 Å². The molecular weight excluding hydrogens is 238 g/mol. The van der Waals surface area contributed by atoms with Crippen molar-refractivity contribution in [3.05, 3.63) is 29.8 Å². The van der Waals surface area contributed by atoms with Crippen molar-refractivity contribution in [1.82, 2.24) is 5.32 Å². The lowest BCUT2D eigenvalue weighted by Gasteiger charge is -2.25. The monoisotopic (exact) mass is 261 g/mol. The van der Waals surface area contributed by atoms with Crippen molar-refractivity contribution in [2.45, 2.75) is 39.0 Å². The average Bonchev–Trinajstić information content (AvgIpc) is 2.39. The Labute approximate surface area is 115 Å². The summed E-state index contributed by atoms with van der Waals surface area (Å²) >= 11 is 0. The molecule has 1 heterocycles. The topological polar surface area (TPSA) is 38.3 Å². The van der Waals surface area contributed by atoms with Gasteiger partial charge in [-0.3, -0.25) is 4.79 Å². The summed E-state index contributed by atoms with van der Waals surface area (Å²) < 4.78 is 5.62. The Morgan fingerprint density at radius 3 is 3.00 bits per heavy atom. The van der Waals surface area contributed by atoms with Crippen LogP contribution in [0.2, 0.25) is 0 Å². The van der Waals surface area contributed by atoms with E-state index < -0.39 is 0 Å². The van der Waals surface area contributed by atoms with E-state index in [2.05, 4.69) is 25.2 Å². The van der Waals surface area contributed by atoms with Gasteiger partial charge in [0.05, 0.1) is 6.61 Å². The third-order valence-corrected chi connectivity index (χ3v) is 3.56. The largest absolute Gasteiger partial charge is 0.493 e. The number of benzene rings is 1. The van der Waals surface area contributed by atoms with Crippen molar-refractivity contribution >= 4 is 5.91 Å². The Balaban J connectivity index is 1.88. The molecule has 2 rings (SSSR count). The van der Waals surface area contributed by atoms with Crippen LogP contribution in [-0.4, -0.2) is 19.1 Å². The Morgan fingerprint density at radius 1 is 1.42 bits per heavy atom. The molecule has 0 aromatic heterocycles. The molecule has 104 valence electrons. The number of hydrogen-bond donors (Lipinski definition) is 1. The van der Waals surface area contributed by atoms with E-state index in [0.717, 1.165) is 25.1 Å². The highest BCUT2D eigenvalue weighted by molar-refractivity contribution is 5.77. The molecule has 0 saturated carbocycles. The predicted octanol–water partition coefficient (Wildman–Crippen LogP) is 3.11. The molecule has 0 aliphatic carbocycles. The normalized spacial score (nSPS) is 17.7. The Hall–Kier alpha value is -1.51. The van der Waals surface area contributed by atoms with E-state index in [1.54, 1.807) is 0 Å². The summed E-state index contributed by atoms with van der Waals surface area (Å²) in [6.45, 7) is 5.82. The maximum atomic E-state index is 12.0. The van der Waals surface area contributed by atoms with Crippen LogP contribution >= 0.6 is 0 Å². The number of hydrogen-bond acceptors (Lipinski definition) is 2. The minimum atomic E-state index is 0.155. The molecule has 0 spiro atoms. The maximum absolute atomic E-state index is 12.0. The molecule has 1 amide bonds. The molecule has 0 radical (unpaired) electrons. The molecule has 1 aliphatic rings. The first-order valence-electron chi connectivity index (χ1n) is 7.15. The van der Waals surface area contributed by atoms with Crippen LogP contribution in [0.3, 0.4) is 0 Å². The van der Waals surface area contributed by atoms with Crippen molar-refractivity contribution < 1.29 is 9.53 Å². The second kappa shape index (κ2) is 6.60. The molecule has 1 aromatic carbocycles. The quantitative estimate of drug-likeness (QED) is 0.884. The number of rotatable bonds is 5. The molecule has 1 aliphatic heterocycles. The highest BCUT2D eigenvalue weighted by atomic mass is 16.5. The summed E-state index contributed by atoms with van der Waals surface area (Å²) in [5.74, 6) is 2.02. The second-order valence-electron chi connectivity index (χ2n) is 5.61. The van der Waals surface area contributed by atoms with Crippen LogP contribution < -0.4 is 10.1 Å². The minimum absolute atomic E-state index is 0.155. The number of para-hydroxylation sites is 1. The summed E-state index contributed by atoms with van der Waals surface area (Å²) in [6.07, 6.45) is 2.53. The lowest BCUT2D eigenvalue weighted by molar-refractivity contribution is -0.121. The van der Waals surface area contributed by atoms with Crippen molar-refractivity contribution in [3.63, 3.8) is 0 Å². The smallest absolute Gasteiger partial charge is 0.220 e. The summed E-state index contributed by atoms with van der Waals surface area (Å²) in [5.41, 5.74) is 1.17. The molecule has 1 N–H and O–H groups in total. The van der Waals surface area contributed by atoms with E-state index in [1.807, 2.05) is 18.2 Å². The highest BCUT2D eigenvalue weighted by Crippen LogP contribution is 2.35. The molecule has 3 nitrogen and oxygen atoms in total. The first-order chi connectivity index (χ1) is 9.16. The lowest BCUT2D eigenvalue weighted by Crippen LogP contribution is -2.28. The molecule has 0 bridgehead atoms. The van der Waals surface area contributed by atoms with Gasteiger partial charge in [-0.2, -0.15) is 0 Å². The number of fused-ring (bicyclic) bond motifs is 1. The fourth-order valence-corrected chi connectivity index (χ4v) is 2.42. The fraction of sp³-hybridized carbons (Fsp3) is 0.562. The highest BCUT2D eigenvalue weighted by Gasteiger charge is 2.23. The van der Waals surface area contributed by atoms with Crippen molar-refractivity contribution in [2.75, 3.05) is 13.2 Å². The van der Waals surface area contributed by atoms with E-state index in [9.17, 15) is 4.79 Å². The maximum Gasteiger partial charge on any atom is 0.220 e. The van der Waals surface area contributed by atoms with E-state index in [1.165, 1.54) is 5.56 Å². The molecule has 1 aromatic rings. The number of ether oxygens (including phenoxy) is 1. The van der Waals surface area contributed by atoms with Gasteiger partial charge in [-0.15, -0.1) is 0 Å². The van der Waals surface area contributed by atoms with Crippen LogP contribution in [0.4, 0.5) is 0 Å². The lowest BCUT2D eigenvalue weighted by atomic mass is 9.90. The zero-order chi connectivity index (χ0) is 13.7. The van der Waals surface area contributed by atoms with Crippen molar-refractivity contribution in [2.24, 2.45) is 5.92 Å².